The number of para-hydroxylation sites is 2. The van der Waals surface area contributed by atoms with Crippen molar-refractivity contribution in [2.24, 2.45) is 5.41 Å². The highest BCUT2D eigenvalue weighted by molar-refractivity contribution is 5.78. The van der Waals surface area contributed by atoms with Crippen molar-refractivity contribution in [3.05, 3.63) is 47.5 Å². The molecule has 166 valence electrons. The summed E-state index contributed by atoms with van der Waals surface area (Å²) in [6.45, 7) is 6.79. The number of phenolic OH excluding ortho intramolecular Hbond substituents is 1. The molecule has 0 amide bonds. The van der Waals surface area contributed by atoms with E-state index in [2.05, 4.69) is 79.5 Å². The Labute approximate surface area is 187 Å². The molecule has 4 heteroatoms. The van der Waals surface area contributed by atoms with Gasteiger partial charge in [-0.3, -0.25) is 0 Å². The third kappa shape index (κ3) is 2.98. The molecule has 0 spiro atoms. The molecule has 0 aromatic heterocycles. The molecule has 0 unspecified atom stereocenters. The van der Waals surface area contributed by atoms with Crippen molar-refractivity contribution in [2.75, 3.05) is 37.4 Å². The fourth-order valence-corrected chi connectivity index (χ4v) is 7.09. The van der Waals surface area contributed by atoms with E-state index < -0.39 is 0 Å². The van der Waals surface area contributed by atoms with Crippen molar-refractivity contribution < 1.29 is 5.11 Å². The van der Waals surface area contributed by atoms with E-state index in [1.165, 1.54) is 43.2 Å². The van der Waals surface area contributed by atoms with Crippen LogP contribution in [0.4, 0.5) is 17.1 Å². The average Bonchev–Trinajstić information content (AvgIpc) is 2.77. The molecule has 1 heterocycles. The zero-order chi connectivity index (χ0) is 21.8. The second-order valence-corrected chi connectivity index (χ2v) is 10.3. The molecule has 2 aliphatic carbocycles. The summed E-state index contributed by atoms with van der Waals surface area (Å²) in [5.41, 5.74) is 6.40. The number of anilines is 3. The molecule has 2 bridgehead atoms. The van der Waals surface area contributed by atoms with Crippen molar-refractivity contribution in [1.82, 2.24) is 4.90 Å². The van der Waals surface area contributed by atoms with Gasteiger partial charge in [-0.25, -0.2) is 0 Å². The normalized spacial score (nSPS) is 29.7. The summed E-state index contributed by atoms with van der Waals surface area (Å²) in [6.07, 6.45) is 7.50. The van der Waals surface area contributed by atoms with Gasteiger partial charge in [0.05, 0.1) is 17.1 Å². The number of rotatable bonds is 4. The van der Waals surface area contributed by atoms with Gasteiger partial charge in [-0.2, -0.15) is 0 Å². The van der Waals surface area contributed by atoms with Crippen molar-refractivity contribution in [2.45, 2.75) is 63.8 Å². The molecule has 3 atom stereocenters. The molecule has 1 saturated heterocycles. The minimum Gasteiger partial charge on any atom is -0.506 e. The minimum atomic E-state index is 0.215. The van der Waals surface area contributed by atoms with Crippen molar-refractivity contribution in [3.8, 4) is 5.75 Å². The van der Waals surface area contributed by atoms with Crippen molar-refractivity contribution in [3.63, 3.8) is 0 Å². The van der Waals surface area contributed by atoms with Crippen molar-refractivity contribution >= 4 is 17.1 Å². The fourth-order valence-electron chi connectivity index (χ4n) is 7.09. The summed E-state index contributed by atoms with van der Waals surface area (Å²) in [5, 5.41) is 14.7. The molecule has 2 fully saturated rings. The number of likely N-dealkylation sites (tertiary alicyclic amines) is 1. The Kier molecular flexibility index (Phi) is 4.97. The predicted molar refractivity (Wildman–Crippen MR) is 130 cm³/mol. The number of hydrogen-bond donors (Lipinski definition) is 2. The monoisotopic (exact) mass is 419 g/mol. The summed E-state index contributed by atoms with van der Waals surface area (Å²) in [7, 11) is 4.42. The van der Waals surface area contributed by atoms with Gasteiger partial charge in [0.1, 0.15) is 5.75 Å². The Balaban J connectivity index is 1.58. The molecule has 3 aliphatic rings. The highest BCUT2D eigenvalue weighted by Crippen LogP contribution is 2.63. The van der Waals surface area contributed by atoms with Gasteiger partial charge >= 0.3 is 0 Å². The second-order valence-electron chi connectivity index (χ2n) is 10.3. The molecule has 31 heavy (non-hydrogen) atoms. The zero-order valence-corrected chi connectivity index (χ0v) is 19.5. The zero-order valence-electron chi connectivity index (χ0n) is 19.5. The van der Waals surface area contributed by atoms with Gasteiger partial charge in [-0.05, 0) is 87.0 Å². The maximum Gasteiger partial charge on any atom is 0.139 e. The number of benzene rings is 2. The first-order chi connectivity index (χ1) is 14.9. The van der Waals surface area contributed by atoms with Crippen LogP contribution in [0, 0.1) is 5.41 Å². The molecular formula is C27H37N3O. The Morgan fingerprint density at radius 3 is 2.71 bits per heavy atom. The number of likely N-dealkylation sites (N-methyl/N-ethyl adjacent to an activating group) is 1. The van der Waals surface area contributed by atoms with E-state index in [1.807, 2.05) is 0 Å². The average molecular weight is 420 g/mol. The van der Waals surface area contributed by atoms with Crippen LogP contribution in [0.15, 0.2) is 36.4 Å². The van der Waals surface area contributed by atoms with E-state index >= 15 is 0 Å². The summed E-state index contributed by atoms with van der Waals surface area (Å²) >= 11 is 0. The van der Waals surface area contributed by atoms with Gasteiger partial charge in [0.15, 0.2) is 0 Å². The summed E-state index contributed by atoms with van der Waals surface area (Å²) in [4.78, 5) is 4.83. The van der Waals surface area contributed by atoms with Crippen LogP contribution in [0.5, 0.6) is 5.75 Å². The first-order valence-electron chi connectivity index (χ1n) is 12.0. The predicted octanol–water partition coefficient (Wildman–Crippen LogP) is 5.67. The molecule has 1 aliphatic heterocycles. The van der Waals surface area contributed by atoms with Crippen LogP contribution >= 0.6 is 0 Å². The fraction of sp³-hybridized carbons (Fsp3) is 0.556. The van der Waals surface area contributed by atoms with E-state index in [1.54, 1.807) is 0 Å². The highest BCUT2D eigenvalue weighted by Gasteiger charge is 2.60. The van der Waals surface area contributed by atoms with Crippen LogP contribution in [0.25, 0.3) is 0 Å². The molecule has 5 rings (SSSR count). The van der Waals surface area contributed by atoms with Gasteiger partial charge in [-0.1, -0.05) is 31.9 Å². The van der Waals surface area contributed by atoms with Crippen LogP contribution in [0.1, 0.15) is 57.1 Å². The van der Waals surface area contributed by atoms with Gasteiger partial charge < -0.3 is 20.2 Å². The standard InChI is InChI=1S/C27H37N3O/c1-5-29(3)23-11-7-6-10-21(23)28-22-16-19-17-25-26(2)12-8-9-13-27(26,14-15-30(25)4)20(19)18-24(22)31/h6-7,10-11,16,18,25,28,31H,5,8-9,12-15,17H2,1-4H3/t25-,26+,27+/m0/s1. The van der Waals surface area contributed by atoms with Gasteiger partial charge in [0, 0.05) is 25.0 Å². The molecule has 2 aromatic carbocycles. The number of nitrogens with zero attached hydrogens (tertiary/aromatic N) is 2. The molecule has 1 saturated carbocycles. The number of piperidine rings is 1. The smallest absolute Gasteiger partial charge is 0.139 e. The van der Waals surface area contributed by atoms with Crippen LogP contribution in [-0.4, -0.2) is 43.2 Å². The number of nitrogens with one attached hydrogen (secondary N) is 1. The van der Waals surface area contributed by atoms with E-state index in [0.29, 0.717) is 17.2 Å². The lowest BCUT2D eigenvalue weighted by molar-refractivity contribution is -0.0735. The Morgan fingerprint density at radius 2 is 1.90 bits per heavy atom. The lowest BCUT2D eigenvalue weighted by Gasteiger charge is -2.65. The van der Waals surface area contributed by atoms with Crippen LogP contribution in [0.2, 0.25) is 0 Å². The summed E-state index contributed by atoms with van der Waals surface area (Å²) in [5.74, 6) is 0.382. The van der Waals surface area contributed by atoms with E-state index in [4.69, 9.17) is 0 Å². The van der Waals surface area contributed by atoms with Crippen LogP contribution in [-0.2, 0) is 11.8 Å². The maximum atomic E-state index is 11.1. The largest absolute Gasteiger partial charge is 0.506 e. The Hall–Kier alpha value is -2.20. The topological polar surface area (TPSA) is 38.7 Å². The number of hydrogen-bond acceptors (Lipinski definition) is 4. The number of aromatic hydroxyl groups is 1. The second kappa shape index (κ2) is 7.44. The molecule has 2 aromatic rings. The quantitative estimate of drug-likeness (QED) is 0.626. The Bertz CT molecular complexity index is 988. The lowest BCUT2D eigenvalue weighted by Crippen LogP contribution is -2.66. The van der Waals surface area contributed by atoms with E-state index in [-0.39, 0.29) is 5.41 Å². The highest BCUT2D eigenvalue weighted by atomic mass is 16.3. The number of phenols is 1. The van der Waals surface area contributed by atoms with Gasteiger partial charge in [-0.15, -0.1) is 0 Å². The van der Waals surface area contributed by atoms with Crippen molar-refractivity contribution in [1.29, 1.82) is 0 Å². The lowest BCUT2D eigenvalue weighted by atomic mass is 9.45. The Morgan fingerprint density at radius 1 is 1.13 bits per heavy atom. The van der Waals surface area contributed by atoms with Gasteiger partial charge in [0.25, 0.3) is 0 Å². The van der Waals surface area contributed by atoms with Crippen LogP contribution in [0.3, 0.4) is 0 Å². The summed E-state index contributed by atoms with van der Waals surface area (Å²) in [6, 6.07) is 13.3. The number of fused-ring (bicyclic) bond motifs is 1. The molecule has 0 radical (unpaired) electrons. The SMILES string of the molecule is CCN(C)c1ccccc1Nc1cc2c(cc1O)[C@]13CCCC[C@]1(C)[C@H](C2)N(C)CC3. The first kappa shape index (κ1) is 20.7. The van der Waals surface area contributed by atoms with E-state index in [9.17, 15) is 5.11 Å². The summed E-state index contributed by atoms with van der Waals surface area (Å²) < 4.78 is 0. The first-order valence-corrected chi connectivity index (χ1v) is 12.0. The van der Waals surface area contributed by atoms with Gasteiger partial charge in [0.2, 0.25) is 0 Å². The third-order valence-corrected chi connectivity index (χ3v) is 9.01. The molecule has 2 N–H and O–H groups in total. The maximum absolute atomic E-state index is 11.1. The van der Waals surface area contributed by atoms with E-state index in [0.717, 1.165) is 36.6 Å². The van der Waals surface area contributed by atoms with Crippen LogP contribution < -0.4 is 10.2 Å². The minimum absolute atomic E-state index is 0.215. The molecule has 4 nitrogen and oxygen atoms in total. The molecular weight excluding hydrogens is 382 g/mol. The third-order valence-electron chi connectivity index (χ3n) is 9.01.